The molecule has 1 aromatic carbocycles. The van der Waals surface area contributed by atoms with Gasteiger partial charge in [-0.15, -0.1) is 11.3 Å². The molecule has 3 saturated heterocycles. The van der Waals surface area contributed by atoms with Gasteiger partial charge in [-0.05, 0) is 44.3 Å². The predicted molar refractivity (Wildman–Crippen MR) is 99.9 cm³/mol. The molecule has 2 bridgehead atoms. The van der Waals surface area contributed by atoms with E-state index in [1.165, 1.54) is 25.9 Å². The number of carbonyl (C=O) groups is 1. The molecule has 1 atom stereocenters. The summed E-state index contributed by atoms with van der Waals surface area (Å²) in [6.07, 6.45) is 2.07. The molecule has 0 radical (unpaired) electrons. The Morgan fingerprint density at radius 3 is 2.76 bits per heavy atom. The summed E-state index contributed by atoms with van der Waals surface area (Å²) in [5.74, 6) is 1.77. The van der Waals surface area contributed by atoms with Crippen molar-refractivity contribution in [1.82, 2.24) is 9.88 Å². The summed E-state index contributed by atoms with van der Waals surface area (Å²) in [5, 5.41) is 3.76. The van der Waals surface area contributed by atoms with Crippen molar-refractivity contribution >= 4 is 23.2 Å². The van der Waals surface area contributed by atoms with Crippen LogP contribution in [0.15, 0.2) is 30.3 Å². The highest BCUT2D eigenvalue weighted by Gasteiger charge is 2.34. The zero-order chi connectivity index (χ0) is 17.2. The minimum absolute atomic E-state index is 0.404. The van der Waals surface area contributed by atoms with E-state index in [0.29, 0.717) is 24.3 Å². The Morgan fingerprint density at radius 1 is 1.32 bits per heavy atom. The Labute approximate surface area is 152 Å². The first kappa shape index (κ1) is 16.5. The van der Waals surface area contributed by atoms with Crippen LogP contribution in [0.25, 0.3) is 10.4 Å². The number of rotatable bonds is 4. The van der Waals surface area contributed by atoms with E-state index in [4.69, 9.17) is 4.74 Å². The first-order valence-corrected chi connectivity index (χ1v) is 9.69. The number of aromatic nitrogens is 1. The van der Waals surface area contributed by atoms with Crippen molar-refractivity contribution in [2.24, 2.45) is 11.8 Å². The number of hydrogen-bond donors (Lipinski definition) is 1. The molecule has 2 aromatic rings. The van der Waals surface area contributed by atoms with E-state index in [9.17, 15) is 4.79 Å². The molecule has 1 amide bonds. The second-order valence-corrected chi connectivity index (χ2v) is 8.10. The van der Waals surface area contributed by atoms with Crippen LogP contribution < -0.4 is 5.32 Å². The maximum absolute atomic E-state index is 12.3. The van der Waals surface area contributed by atoms with E-state index < -0.39 is 6.09 Å². The van der Waals surface area contributed by atoms with Crippen molar-refractivity contribution in [1.29, 1.82) is 0 Å². The normalized spacial score (nSPS) is 24.9. The molecule has 5 rings (SSSR count). The molecule has 0 saturated carbocycles. The van der Waals surface area contributed by atoms with Crippen molar-refractivity contribution in [2.45, 2.75) is 19.8 Å². The zero-order valence-electron chi connectivity index (χ0n) is 14.4. The molecule has 1 aromatic heterocycles. The molecule has 5 nitrogen and oxygen atoms in total. The van der Waals surface area contributed by atoms with Crippen molar-refractivity contribution in [3.63, 3.8) is 0 Å². The predicted octanol–water partition coefficient (Wildman–Crippen LogP) is 4.01. The topological polar surface area (TPSA) is 54.5 Å². The second-order valence-electron chi connectivity index (χ2n) is 6.90. The summed E-state index contributed by atoms with van der Waals surface area (Å²) in [7, 11) is 0. The van der Waals surface area contributed by atoms with E-state index in [2.05, 4.69) is 15.2 Å². The van der Waals surface area contributed by atoms with Crippen LogP contribution in [-0.4, -0.2) is 42.2 Å². The smallest absolute Gasteiger partial charge is 0.412 e. The van der Waals surface area contributed by atoms with Gasteiger partial charge in [0, 0.05) is 12.5 Å². The number of aryl methyl sites for hydroxylation is 1. The molecule has 3 aliphatic heterocycles. The third kappa shape index (κ3) is 3.70. The third-order valence-corrected chi connectivity index (χ3v) is 6.23. The summed E-state index contributed by atoms with van der Waals surface area (Å²) in [6, 6.07) is 10.00. The summed E-state index contributed by atoms with van der Waals surface area (Å²) in [5.41, 5.74) is 1.06. The van der Waals surface area contributed by atoms with Gasteiger partial charge >= 0.3 is 6.09 Å². The van der Waals surface area contributed by atoms with E-state index in [1.54, 1.807) is 11.3 Å². The number of piperidine rings is 3. The molecule has 3 aliphatic rings. The lowest BCUT2D eigenvalue weighted by molar-refractivity contribution is 0.0151. The van der Waals surface area contributed by atoms with E-state index in [0.717, 1.165) is 22.0 Å². The first-order chi connectivity index (χ1) is 12.2. The highest BCUT2D eigenvalue weighted by atomic mass is 32.1. The third-order valence-electron chi connectivity index (χ3n) is 5.21. The Hall–Kier alpha value is -1.92. The average molecular weight is 357 g/mol. The van der Waals surface area contributed by atoms with Gasteiger partial charge in [-0.2, -0.15) is 0 Å². The number of hydrogen-bond acceptors (Lipinski definition) is 5. The second kappa shape index (κ2) is 7.14. The molecule has 6 heteroatoms. The van der Waals surface area contributed by atoms with Gasteiger partial charge in [0.05, 0.1) is 16.5 Å². The maximum atomic E-state index is 12.3. The van der Waals surface area contributed by atoms with Gasteiger partial charge in [-0.1, -0.05) is 30.3 Å². The molecule has 25 heavy (non-hydrogen) atoms. The molecule has 0 aliphatic carbocycles. The van der Waals surface area contributed by atoms with Gasteiger partial charge < -0.3 is 9.64 Å². The zero-order valence-corrected chi connectivity index (χ0v) is 15.2. The van der Waals surface area contributed by atoms with Crippen LogP contribution in [0.3, 0.4) is 0 Å². The largest absolute Gasteiger partial charge is 0.449 e. The number of nitrogens with zero attached hydrogens (tertiary/aromatic N) is 2. The Morgan fingerprint density at radius 2 is 2.08 bits per heavy atom. The monoisotopic (exact) mass is 357 g/mol. The van der Waals surface area contributed by atoms with Crippen molar-refractivity contribution in [3.8, 4) is 10.4 Å². The number of thiazole rings is 1. The fourth-order valence-electron chi connectivity index (χ4n) is 3.89. The van der Waals surface area contributed by atoms with Gasteiger partial charge in [0.15, 0.2) is 5.82 Å². The quantitative estimate of drug-likeness (QED) is 0.898. The molecule has 132 valence electrons. The SMILES string of the molecule is Cc1nc(NC(=O)OCC2CN3CCC2CC3)c(-c2ccccc2)s1. The number of ether oxygens (including phenoxy) is 1. The van der Waals surface area contributed by atoms with Crippen LogP contribution >= 0.6 is 11.3 Å². The van der Waals surface area contributed by atoms with Crippen LogP contribution in [0, 0.1) is 18.8 Å². The van der Waals surface area contributed by atoms with Gasteiger partial charge in [0.1, 0.15) is 0 Å². The molecule has 0 spiro atoms. The van der Waals surface area contributed by atoms with Crippen LogP contribution in [0.1, 0.15) is 17.8 Å². The van der Waals surface area contributed by atoms with Crippen LogP contribution in [0.2, 0.25) is 0 Å². The summed E-state index contributed by atoms with van der Waals surface area (Å²) < 4.78 is 5.53. The lowest BCUT2D eigenvalue weighted by Crippen LogP contribution is -2.49. The summed E-state index contributed by atoms with van der Waals surface area (Å²) in [6.45, 7) is 5.90. The Balaban J connectivity index is 1.38. The summed E-state index contributed by atoms with van der Waals surface area (Å²) in [4.78, 5) is 20.2. The Kier molecular flexibility index (Phi) is 4.72. The molecule has 4 heterocycles. The molecule has 1 N–H and O–H groups in total. The lowest BCUT2D eigenvalue weighted by Gasteiger charge is -2.44. The van der Waals surface area contributed by atoms with Gasteiger partial charge in [0.25, 0.3) is 0 Å². The fraction of sp³-hybridized carbons (Fsp3) is 0.474. The van der Waals surface area contributed by atoms with Crippen LogP contribution in [0.4, 0.5) is 10.6 Å². The minimum Gasteiger partial charge on any atom is -0.449 e. The van der Waals surface area contributed by atoms with Crippen LogP contribution in [-0.2, 0) is 4.74 Å². The molecule has 1 unspecified atom stereocenters. The minimum atomic E-state index is -0.404. The summed E-state index contributed by atoms with van der Waals surface area (Å²) >= 11 is 1.58. The number of nitrogens with one attached hydrogen (secondary N) is 1. The first-order valence-electron chi connectivity index (χ1n) is 8.88. The lowest BCUT2D eigenvalue weighted by atomic mass is 9.79. The van der Waals surface area contributed by atoms with E-state index >= 15 is 0 Å². The number of benzene rings is 1. The van der Waals surface area contributed by atoms with Crippen molar-refractivity contribution < 1.29 is 9.53 Å². The number of amides is 1. The highest BCUT2D eigenvalue weighted by Crippen LogP contribution is 2.34. The average Bonchev–Trinajstić information content (AvgIpc) is 3.02. The standard InChI is InChI=1S/C19H23N3O2S/c1-13-20-18(17(25-13)15-5-3-2-4-6-15)21-19(23)24-12-16-11-22-9-7-14(16)8-10-22/h2-6,14,16H,7-12H2,1H3,(H,21,23). The van der Waals surface area contributed by atoms with E-state index in [1.807, 2.05) is 37.3 Å². The van der Waals surface area contributed by atoms with Gasteiger partial charge in [0.2, 0.25) is 0 Å². The maximum Gasteiger partial charge on any atom is 0.412 e. The molecular weight excluding hydrogens is 334 g/mol. The highest BCUT2D eigenvalue weighted by molar-refractivity contribution is 7.15. The van der Waals surface area contributed by atoms with Crippen molar-refractivity contribution in [3.05, 3.63) is 35.3 Å². The number of anilines is 1. The number of carbonyl (C=O) groups excluding carboxylic acids is 1. The molecule has 3 fully saturated rings. The van der Waals surface area contributed by atoms with E-state index in [-0.39, 0.29) is 0 Å². The number of fused-ring (bicyclic) bond motifs is 3. The molecular formula is C19H23N3O2S. The van der Waals surface area contributed by atoms with Gasteiger partial charge in [-0.25, -0.2) is 9.78 Å². The fourth-order valence-corrected chi connectivity index (χ4v) is 4.77. The van der Waals surface area contributed by atoms with Gasteiger partial charge in [-0.3, -0.25) is 5.32 Å². The Bertz CT molecular complexity index is 738. The van der Waals surface area contributed by atoms with Crippen molar-refractivity contribution in [2.75, 3.05) is 31.6 Å². The van der Waals surface area contributed by atoms with Crippen LogP contribution in [0.5, 0.6) is 0 Å².